The molecule has 2 aromatic rings. The van der Waals surface area contributed by atoms with Crippen LogP contribution in [0.25, 0.3) is 10.9 Å². The number of methoxy groups -OCH3 is 1. The van der Waals surface area contributed by atoms with Crippen molar-refractivity contribution in [1.29, 1.82) is 0 Å². The molecule has 6 nitrogen and oxygen atoms in total. The Morgan fingerprint density at radius 1 is 1.36 bits per heavy atom. The first-order valence-electron chi connectivity index (χ1n) is 6.75. The molecule has 1 atom stereocenters. The third-order valence-corrected chi connectivity index (χ3v) is 5.12. The number of nitrogens with zero attached hydrogens (tertiary/aromatic N) is 1. The van der Waals surface area contributed by atoms with Crippen molar-refractivity contribution in [3.63, 3.8) is 0 Å². The maximum Gasteiger partial charge on any atom is 0.268 e. The summed E-state index contributed by atoms with van der Waals surface area (Å²) in [5.41, 5.74) is 1.38. The van der Waals surface area contributed by atoms with Crippen LogP contribution in [0.15, 0.2) is 35.7 Å². The fourth-order valence-corrected chi connectivity index (χ4v) is 3.82. The number of carbonyl (C=O) groups is 1. The van der Waals surface area contributed by atoms with Gasteiger partial charge in [-0.3, -0.25) is 4.79 Å². The number of sulfone groups is 1. The molecule has 3 rings (SSSR count). The quantitative estimate of drug-likeness (QED) is 0.922. The number of carbonyl (C=O) groups excluding carboxylic acids is 1. The van der Waals surface area contributed by atoms with E-state index in [1.165, 1.54) is 6.08 Å². The molecule has 0 radical (unpaired) electrons. The van der Waals surface area contributed by atoms with Gasteiger partial charge in [-0.2, -0.15) is 0 Å². The second-order valence-corrected chi connectivity index (χ2v) is 7.18. The monoisotopic (exact) mass is 320 g/mol. The Kier molecular flexibility index (Phi) is 3.44. The first kappa shape index (κ1) is 14.6. The van der Waals surface area contributed by atoms with Crippen molar-refractivity contribution in [1.82, 2.24) is 9.88 Å². The first-order valence-corrected chi connectivity index (χ1v) is 8.46. The van der Waals surface area contributed by atoms with E-state index in [1.54, 1.807) is 24.8 Å². The Morgan fingerprint density at radius 2 is 2.14 bits per heavy atom. The Balaban J connectivity index is 1.88. The molecule has 1 amide bonds. The van der Waals surface area contributed by atoms with Crippen LogP contribution < -0.4 is 10.1 Å². The molecule has 0 bridgehead atoms. The molecule has 0 spiro atoms. The van der Waals surface area contributed by atoms with Crippen LogP contribution in [0.3, 0.4) is 0 Å². The van der Waals surface area contributed by atoms with Gasteiger partial charge in [0.1, 0.15) is 11.4 Å². The van der Waals surface area contributed by atoms with E-state index in [9.17, 15) is 13.2 Å². The van der Waals surface area contributed by atoms with Gasteiger partial charge in [0.25, 0.3) is 5.91 Å². The maximum absolute atomic E-state index is 12.4. The lowest BCUT2D eigenvalue weighted by molar-refractivity contribution is 0.0940. The fourth-order valence-electron chi connectivity index (χ4n) is 2.58. The molecule has 1 aromatic carbocycles. The van der Waals surface area contributed by atoms with E-state index in [0.29, 0.717) is 5.69 Å². The molecule has 0 saturated carbocycles. The molecule has 0 aliphatic carbocycles. The number of ether oxygens (including phenoxy) is 1. The van der Waals surface area contributed by atoms with Crippen LogP contribution in [0.4, 0.5) is 0 Å². The number of rotatable bonds is 3. The third-order valence-electron chi connectivity index (χ3n) is 3.73. The van der Waals surface area contributed by atoms with Crippen LogP contribution in [0.2, 0.25) is 0 Å². The molecule has 1 aliphatic rings. The van der Waals surface area contributed by atoms with Gasteiger partial charge in [0.2, 0.25) is 0 Å². The van der Waals surface area contributed by atoms with Crippen LogP contribution in [0.1, 0.15) is 10.5 Å². The fraction of sp³-hybridized carbons (Fsp3) is 0.267. The van der Waals surface area contributed by atoms with Gasteiger partial charge in [-0.05, 0) is 30.3 Å². The van der Waals surface area contributed by atoms with Crippen LogP contribution in [-0.2, 0) is 16.9 Å². The molecule has 22 heavy (non-hydrogen) atoms. The number of amides is 1. The number of aromatic nitrogens is 1. The van der Waals surface area contributed by atoms with E-state index < -0.39 is 15.9 Å². The van der Waals surface area contributed by atoms with Crippen LogP contribution in [-0.4, -0.2) is 37.8 Å². The summed E-state index contributed by atoms with van der Waals surface area (Å²) in [5.74, 6) is 0.329. The van der Waals surface area contributed by atoms with E-state index in [2.05, 4.69) is 5.32 Å². The lowest BCUT2D eigenvalue weighted by atomic mass is 10.2. The van der Waals surface area contributed by atoms with E-state index in [0.717, 1.165) is 22.1 Å². The Bertz CT molecular complexity index is 880. The lowest BCUT2D eigenvalue weighted by Gasteiger charge is -2.10. The summed E-state index contributed by atoms with van der Waals surface area (Å²) in [6.45, 7) is 0. The van der Waals surface area contributed by atoms with Crippen molar-refractivity contribution in [3.05, 3.63) is 41.4 Å². The summed E-state index contributed by atoms with van der Waals surface area (Å²) in [6.07, 6.45) is 1.50. The molecule has 0 saturated heterocycles. The SMILES string of the molecule is COc1ccc2c(c1)cc(C(=O)N[C@@H]1C=CS(=O)(=O)C1)n2C. The smallest absolute Gasteiger partial charge is 0.268 e. The average molecular weight is 320 g/mol. The highest BCUT2D eigenvalue weighted by Gasteiger charge is 2.24. The van der Waals surface area contributed by atoms with Crippen molar-refractivity contribution < 1.29 is 17.9 Å². The van der Waals surface area contributed by atoms with Crippen molar-refractivity contribution in [2.45, 2.75) is 6.04 Å². The number of nitrogens with one attached hydrogen (secondary N) is 1. The average Bonchev–Trinajstić information content (AvgIpc) is 2.98. The summed E-state index contributed by atoms with van der Waals surface area (Å²) in [5, 5.41) is 4.76. The van der Waals surface area contributed by atoms with Gasteiger partial charge >= 0.3 is 0 Å². The van der Waals surface area contributed by atoms with Gasteiger partial charge in [0.05, 0.1) is 18.9 Å². The topological polar surface area (TPSA) is 77.4 Å². The van der Waals surface area contributed by atoms with Gasteiger partial charge in [-0.15, -0.1) is 0 Å². The highest BCUT2D eigenvalue weighted by atomic mass is 32.2. The zero-order valence-electron chi connectivity index (χ0n) is 12.2. The van der Waals surface area contributed by atoms with Crippen molar-refractivity contribution in [2.75, 3.05) is 12.9 Å². The third kappa shape index (κ3) is 2.59. The lowest BCUT2D eigenvalue weighted by Crippen LogP contribution is -2.36. The molecule has 2 heterocycles. The first-order chi connectivity index (χ1) is 10.4. The molecular formula is C15H16N2O4S. The Morgan fingerprint density at radius 3 is 2.77 bits per heavy atom. The van der Waals surface area contributed by atoms with Gasteiger partial charge < -0.3 is 14.6 Å². The molecule has 1 N–H and O–H groups in total. The van der Waals surface area contributed by atoms with Crippen molar-refractivity contribution >= 4 is 26.6 Å². The van der Waals surface area contributed by atoms with E-state index in [4.69, 9.17) is 4.74 Å². The highest BCUT2D eigenvalue weighted by Crippen LogP contribution is 2.24. The molecule has 7 heteroatoms. The predicted octanol–water partition coefficient (Wildman–Crippen LogP) is 1.23. The minimum Gasteiger partial charge on any atom is -0.497 e. The zero-order chi connectivity index (χ0) is 15.9. The molecule has 1 aromatic heterocycles. The standard InChI is InChI=1S/C15H16N2O4S/c1-17-13-4-3-12(21-2)7-10(13)8-14(17)15(18)16-11-5-6-22(19,20)9-11/h3-8,11H,9H2,1-2H3,(H,16,18)/t11-/m1/s1. The summed E-state index contributed by atoms with van der Waals surface area (Å²) >= 11 is 0. The second-order valence-electron chi connectivity index (χ2n) is 5.25. The van der Waals surface area contributed by atoms with Gasteiger partial charge in [0, 0.05) is 23.4 Å². The number of fused-ring (bicyclic) bond motifs is 1. The van der Waals surface area contributed by atoms with Gasteiger partial charge in [-0.25, -0.2) is 8.42 Å². The number of aryl methyl sites for hydroxylation is 1. The minimum atomic E-state index is -3.19. The largest absolute Gasteiger partial charge is 0.497 e. The normalized spacial score (nSPS) is 19.5. The Hall–Kier alpha value is -2.28. The molecule has 1 aliphatic heterocycles. The summed E-state index contributed by atoms with van der Waals surface area (Å²) in [7, 11) is 0.199. The van der Waals surface area contributed by atoms with Crippen molar-refractivity contribution in [2.24, 2.45) is 7.05 Å². The van der Waals surface area contributed by atoms with Crippen LogP contribution in [0.5, 0.6) is 5.75 Å². The van der Waals surface area contributed by atoms with Gasteiger partial charge in [0.15, 0.2) is 9.84 Å². The molecular weight excluding hydrogens is 304 g/mol. The summed E-state index contributed by atoms with van der Waals surface area (Å²) in [6, 6.07) is 6.85. The number of hydrogen-bond acceptors (Lipinski definition) is 4. The van der Waals surface area contributed by atoms with E-state index >= 15 is 0 Å². The predicted molar refractivity (Wildman–Crippen MR) is 83.7 cm³/mol. The summed E-state index contributed by atoms with van der Waals surface area (Å²) in [4.78, 5) is 12.4. The molecule has 0 fully saturated rings. The number of hydrogen-bond donors (Lipinski definition) is 1. The Labute approximate surface area is 128 Å². The second kappa shape index (κ2) is 5.17. The summed E-state index contributed by atoms with van der Waals surface area (Å²) < 4.78 is 29.7. The van der Waals surface area contributed by atoms with E-state index in [-0.39, 0.29) is 11.7 Å². The van der Waals surface area contributed by atoms with E-state index in [1.807, 2.05) is 18.2 Å². The highest BCUT2D eigenvalue weighted by molar-refractivity contribution is 7.94. The van der Waals surface area contributed by atoms with Crippen LogP contribution >= 0.6 is 0 Å². The van der Waals surface area contributed by atoms with Crippen molar-refractivity contribution in [3.8, 4) is 5.75 Å². The zero-order valence-corrected chi connectivity index (χ0v) is 13.1. The minimum absolute atomic E-state index is 0.0868. The maximum atomic E-state index is 12.4. The molecule has 116 valence electrons. The van der Waals surface area contributed by atoms with Crippen LogP contribution in [0, 0.1) is 0 Å². The van der Waals surface area contributed by atoms with Gasteiger partial charge in [-0.1, -0.05) is 0 Å². The molecule has 0 unspecified atom stereocenters. The number of benzene rings is 1.